The molecule has 20 heavy (non-hydrogen) atoms. The van der Waals surface area contributed by atoms with Crippen molar-refractivity contribution in [2.45, 2.75) is 32.7 Å². The Balaban J connectivity index is 2.73. The minimum absolute atomic E-state index is 0.163. The minimum Gasteiger partial charge on any atom is -0.494 e. The summed E-state index contributed by atoms with van der Waals surface area (Å²) >= 11 is 0. The molecule has 1 rings (SSSR count). The smallest absolute Gasteiger partial charge is 0.331 e. The van der Waals surface area contributed by atoms with Gasteiger partial charge < -0.3 is 14.6 Å². The highest BCUT2D eigenvalue weighted by Gasteiger charge is 2.16. The zero-order valence-corrected chi connectivity index (χ0v) is 12.1. The normalized spacial score (nSPS) is 11.2. The van der Waals surface area contributed by atoms with Crippen LogP contribution in [0.4, 0.5) is 0 Å². The summed E-state index contributed by atoms with van der Waals surface area (Å²) in [5.74, 6) is -0.422. The van der Waals surface area contributed by atoms with Gasteiger partial charge in [-0.05, 0) is 12.3 Å². The predicted molar refractivity (Wildman–Crippen MR) is 74.4 cm³/mol. The predicted octanol–water partition coefficient (Wildman–Crippen LogP) is 0.419. The minimum atomic E-state index is -0.603. The van der Waals surface area contributed by atoms with Gasteiger partial charge in [-0.3, -0.25) is 14.3 Å². The molecule has 1 aromatic heterocycles. The molecular formula is C13H22N2O5. The highest BCUT2D eigenvalue weighted by atomic mass is 16.5. The number of hydrogen-bond donors (Lipinski definition) is 2. The molecule has 0 aliphatic heterocycles. The van der Waals surface area contributed by atoms with Gasteiger partial charge in [0.1, 0.15) is 0 Å². The van der Waals surface area contributed by atoms with Crippen LogP contribution in [0.15, 0.2) is 9.59 Å². The van der Waals surface area contributed by atoms with Crippen LogP contribution in [0.25, 0.3) is 0 Å². The summed E-state index contributed by atoms with van der Waals surface area (Å²) < 4.78 is 11.3. The van der Waals surface area contributed by atoms with Gasteiger partial charge in [0.25, 0.3) is 5.56 Å². The van der Waals surface area contributed by atoms with Crippen molar-refractivity contribution in [3.8, 4) is 5.88 Å². The topological polar surface area (TPSA) is 93.6 Å². The van der Waals surface area contributed by atoms with E-state index in [-0.39, 0.29) is 23.9 Å². The molecule has 7 heteroatoms. The number of nitrogens with zero attached hydrogens (tertiary/aromatic N) is 1. The maximum Gasteiger partial charge on any atom is 0.331 e. The molecule has 7 nitrogen and oxygen atoms in total. The third-order valence-electron chi connectivity index (χ3n) is 2.89. The van der Waals surface area contributed by atoms with E-state index in [1.54, 1.807) is 21.0 Å². The second-order valence-corrected chi connectivity index (χ2v) is 4.76. The van der Waals surface area contributed by atoms with E-state index in [9.17, 15) is 14.7 Å². The van der Waals surface area contributed by atoms with Gasteiger partial charge in [0.2, 0.25) is 5.88 Å². The van der Waals surface area contributed by atoms with Crippen LogP contribution >= 0.6 is 0 Å². The van der Waals surface area contributed by atoms with Crippen molar-refractivity contribution in [3.05, 3.63) is 26.4 Å². The average molecular weight is 286 g/mol. The van der Waals surface area contributed by atoms with E-state index in [1.807, 2.05) is 0 Å². The van der Waals surface area contributed by atoms with E-state index in [4.69, 9.17) is 9.47 Å². The zero-order chi connectivity index (χ0) is 15.1. The van der Waals surface area contributed by atoms with Crippen LogP contribution < -0.4 is 11.2 Å². The molecule has 0 saturated heterocycles. The summed E-state index contributed by atoms with van der Waals surface area (Å²) in [7, 11) is 1.59. The summed E-state index contributed by atoms with van der Waals surface area (Å²) in [6.07, 6.45) is 0.556. The molecular weight excluding hydrogens is 264 g/mol. The van der Waals surface area contributed by atoms with E-state index in [2.05, 4.69) is 4.98 Å². The molecule has 0 amide bonds. The van der Waals surface area contributed by atoms with Crippen molar-refractivity contribution in [1.29, 1.82) is 0 Å². The van der Waals surface area contributed by atoms with Crippen molar-refractivity contribution in [2.24, 2.45) is 0 Å². The summed E-state index contributed by atoms with van der Waals surface area (Å²) in [4.78, 5) is 25.5. The summed E-state index contributed by atoms with van der Waals surface area (Å²) in [6, 6.07) is 0. The molecule has 0 aliphatic rings. The number of aromatic nitrogens is 2. The van der Waals surface area contributed by atoms with Crippen LogP contribution in [-0.2, 0) is 16.0 Å². The molecule has 0 fully saturated rings. The standard InChI is InChI=1S/C13H22N2O5/c1-9(2)10-11(16)14-13(18)15(12(10)17)5-4-6-20-8-7-19-3/h9,17H,4-8H2,1-3H3,(H,14,16,18). The number of aromatic hydroxyl groups is 1. The molecule has 0 atom stereocenters. The van der Waals surface area contributed by atoms with Gasteiger partial charge >= 0.3 is 5.69 Å². The fourth-order valence-corrected chi connectivity index (χ4v) is 1.87. The molecule has 1 heterocycles. The van der Waals surface area contributed by atoms with Gasteiger partial charge in [-0.15, -0.1) is 0 Å². The first-order valence-corrected chi connectivity index (χ1v) is 6.61. The lowest BCUT2D eigenvalue weighted by atomic mass is 10.1. The third-order valence-corrected chi connectivity index (χ3v) is 2.89. The highest BCUT2D eigenvalue weighted by Crippen LogP contribution is 2.19. The molecule has 0 radical (unpaired) electrons. The van der Waals surface area contributed by atoms with Crippen molar-refractivity contribution in [1.82, 2.24) is 9.55 Å². The van der Waals surface area contributed by atoms with E-state index in [0.29, 0.717) is 26.2 Å². The van der Waals surface area contributed by atoms with Crippen molar-refractivity contribution < 1.29 is 14.6 Å². The molecule has 114 valence electrons. The molecule has 0 saturated carbocycles. The SMILES string of the molecule is COCCOCCCn1c(O)c(C(C)C)c(=O)[nH]c1=O. The van der Waals surface area contributed by atoms with Crippen LogP contribution in [0.3, 0.4) is 0 Å². The second-order valence-electron chi connectivity index (χ2n) is 4.76. The molecule has 0 spiro atoms. The summed E-state index contributed by atoms with van der Waals surface area (Å²) in [5.41, 5.74) is -0.909. The number of rotatable bonds is 8. The first-order chi connectivity index (χ1) is 9.49. The maximum atomic E-state index is 11.7. The third kappa shape index (κ3) is 4.21. The van der Waals surface area contributed by atoms with Crippen LogP contribution in [0.5, 0.6) is 5.88 Å². The average Bonchev–Trinajstić information content (AvgIpc) is 2.35. The Kier molecular flexibility index (Phi) is 6.47. The van der Waals surface area contributed by atoms with Crippen LogP contribution in [0.2, 0.25) is 0 Å². The van der Waals surface area contributed by atoms with Crippen LogP contribution in [0.1, 0.15) is 31.7 Å². The Bertz CT molecular complexity index is 533. The number of methoxy groups -OCH3 is 1. The first-order valence-electron chi connectivity index (χ1n) is 6.61. The van der Waals surface area contributed by atoms with Gasteiger partial charge in [-0.2, -0.15) is 0 Å². The number of hydrogen-bond acceptors (Lipinski definition) is 5. The fourth-order valence-electron chi connectivity index (χ4n) is 1.87. The second kappa shape index (κ2) is 7.86. The number of H-pyrrole nitrogens is 1. The fraction of sp³-hybridized carbons (Fsp3) is 0.692. The number of nitrogens with one attached hydrogen (secondary N) is 1. The molecule has 0 unspecified atom stereocenters. The Morgan fingerprint density at radius 2 is 1.95 bits per heavy atom. The highest BCUT2D eigenvalue weighted by molar-refractivity contribution is 5.25. The van der Waals surface area contributed by atoms with Gasteiger partial charge in [0, 0.05) is 20.3 Å². The summed E-state index contributed by atoms with van der Waals surface area (Å²) in [5, 5.41) is 10.0. The lowest BCUT2D eigenvalue weighted by molar-refractivity contribution is 0.0676. The van der Waals surface area contributed by atoms with Crippen LogP contribution in [0, 0.1) is 0 Å². The van der Waals surface area contributed by atoms with Gasteiger partial charge in [0.15, 0.2) is 0 Å². The largest absolute Gasteiger partial charge is 0.494 e. The van der Waals surface area contributed by atoms with Crippen molar-refractivity contribution in [2.75, 3.05) is 26.9 Å². The van der Waals surface area contributed by atoms with Gasteiger partial charge in [0.05, 0.1) is 18.8 Å². The Hall–Kier alpha value is -1.60. The Labute approximate surface area is 117 Å². The van der Waals surface area contributed by atoms with Crippen molar-refractivity contribution in [3.63, 3.8) is 0 Å². The molecule has 0 aliphatic carbocycles. The van der Waals surface area contributed by atoms with Gasteiger partial charge in [-0.1, -0.05) is 13.8 Å². The zero-order valence-electron chi connectivity index (χ0n) is 12.1. The molecule has 0 aromatic carbocycles. The Morgan fingerprint density at radius 3 is 2.55 bits per heavy atom. The number of ether oxygens (including phenoxy) is 2. The first kappa shape index (κ1) is 16.5. The molecule has 1 aromatic rings. The lowest BCUT2D eigenvalue weighted by Gasteiger charge is -2.13. The molecule has 2 N–H and O–H groups in total. The van der Waals surface area contributed by atoms with Crippen molar-refractivity contribution >= 4 is 0 Å². The quantitative estimate of drug-likeness (QED) is 0.675. The van der Waals surface area contributed by atoms with E-state index >= 15 is 0 Å². The van der Waals surface area contributed by atoms with E-state index < -0.39 is 11.2 Å². The number of aromatic amines is 1. The molecule has 0 bridgehead atoms. The maximum absolute atomic E-state index is 11.7. The summed E-state index contributed by atoms with van der Waals surface area (Å²) in [6.45, 7) is 5.31. The van der Waals surface area contributed by atoms with E-state index in [1.165, 1.54) is 0 Å². The van der Waals surface area contributed by atoms with Crippen LogP contribution in [-0.4, -0.2) is 41.6 Å². The Morgan fingerprint density at radius 1 is 1.25 bits per heavy atom. The lowest BCUT2D eigenvalue weighted by Crippen LogP contribution is -2.33. The van der Waals surface area contributed by atoms with Gasteiger partial charge in [-0.25, -0.2) is 4.79 Å². The van der Waals surface area contributed by atoms with E-state index in [0.717, 1.165) is 4.57 Å². The monoisotopic (exact) mass is 286 g/mol.